The van der Waals surface area contributed by atoms with Gasteiger partial charge in [-0.05, 0) is 108 Å². The lowest BCUT2D eigenvalue weighted by Crippen LogP contribution is -1.97. The first-order chi connectivity index (χ1) is 23.0. The monoisotopic (exact) mass is 630 g/mol. The van der Waals surface area contributed by atoms with E-state index in [-0.39, 0.29) is 0 Å². The summed E-state index contributed by atoms with van der Waals surface area (Å²) in [6, 6.07) is 31.7. The van der Waals surface area contributed by atoms with Gasteiger partial charge in [-0.2, -0.15) is 0 Å². The van der Waals surface area contributed by atoms with Crippen LogP contribution in [0.1, 0.15) is 142 Å². The molecule has 2 heteroatoms. The van der Waals surface area contributed by atoms with Crippen molar-refractivity contribution in [3.8, 4) is 0 Å². The highest BCUT2D eigenvalue weighted by Crippen LogP contribution is 2.21. The third-order valence-corrected chi connectivity index (χ3v) is 9.75. The van der Waals surface area contributed by atoms with Crippen LogP contribution in [0, 0.1) is 0 Å². The first kappa shape index (κ1) is 36.3. The number of unbranched alkanes of at least 4 members (excludes halogenated alkanes) is 10. The summed E-state index contributed by atoms with van der Waals surface area (Å²) in [6.45, 7) is 4.42. The van der Waals surface area contributed by atoms with Crippen LogP contribution in [-0.4, -0.2) is 0 Å². The molecule has 0 saturated heterocycles. The van der Waals surface area contributed by atoms with E-state index in [1.54, 1.807) is 0 Å². The van der Waals surface area contributed by atoms with Crippen molar-refractivity contribution in [3.63, 3.8) is 0 Å². The number of benzene rings is 4. The molecule has 0 aliphatic carbocycles. The molecule has 0 heterocycles. The molecule has 4 N–H and O–H groups in total. The smallest absolute Gasteiger partial charge is 0.0346 e. The SMILES string of the molecule is CCCc1cc(Cc2ccc(CCCCCCCCCCCCCc3ccc(Cc4ccc(N)c(CCC)c4)cc3)cc2)ccc1N. The number of nitrogens with two attached hydrogens (primary N) is 2. The van der Waals surface area contributed by atoms with Gasteiger partial charge in [0, 0.05) is 11.4 Å². The van der Waals surface area contributed by atoms with Crippen LogP contribution in [0.15, 0.2) is 84.9 Å². The van der Waals surface area contributed by atoms with E-state index in [0.717, 1.165) is 49.9 Å². The van der Waals surface area contributed by atoms with Crippen LogP contribution >= 0.6 is 0 Å². The van der Waals surface area contributed by atoms with E-state index in [1.165, 1.54) is 128 Å². The molecule has 0 bridgehead atoms. The molecule has 4 rings (SSSR count). The molecule has 0 amide bonds. The highest BCUT2D eigenvalue weighted by atomic mass is 14.6. The van der Waals surface area contributed by atoms with Gasteiger partial charge in [0.25, 0.3) is 0 Å². The Morgan fingerprint density at radius 2 is 0.638 bits per heavy atom. The zero-order valence-corrected chi connectivity index (χ0v) is 29.7. The molecule has 4 aromatic rings. The van der Waals surface area contributed by atoms with Crippen molar-refractivity contribution >= 4 is 11.4 Å². The standard InChI is InChI=1S/C45H62N2/c1-3-16-42-34-40(28-30-44(42)46)32-38-24-20-36(21-25-38)18-14-12-10-8-6-5-7-9-11-13-15-19-37-22-26-39(27-23-37)33-41-29-31-45(47)43(35-41)17-4-2/h20-31,34-35H,3-19,32-33,46-47H2,1-2H3. The topological polar surface area (TPSA) is 52.0 Å². The van der Waals surface area contributed by atoms with E-state index >= 15 is 0 Å². The van der Waals surface area contributed by atoms with E-state index in [1.807, 2.05) is 0 Å². The average molecular weight is 631 g/mol. The second-order valence-corrected chi connectivity index (χ2v) is 13.9. The molecule has 0 spiro atoms. The van der Waals surface area contributed by atoms with E-state index < -0.39 is 0 Å². The van der Waals surface area contributed by atoms with Gasteiger partial charge < -0.3 is 11.5 Å². The molecule has 47 heavy (non-hydrogen) atoms. The van der Waals surface area contributed by atoms with Crippen molar-refractivity contribution < 1.29 is 0 Å². The Bertz CT molecular complexity index is 1320. The van der Waals surface area contributed by atoms with E-state index in [4.69, 9.17) is 11.5 Å². The van der Waals surface area contributed by atoms with Gasteiger partial charge in [0.1, 0.15) is 0 Å². The van der Waals surface area contributed by atoms with Crippen LogP contribution in [0.4, 0.5) is 11.4 Å². The summed E-state index contributed by atoms with van der Waals surface area (Å²) in [4.78, 5) is 0. The van der Waals surface area contributed by atoms with Crippen molar-refractivity contribution in [1.82, 2.24) is 0 Å². The molecular formula is C45H62N2. The number of nitrogen functional groups attached to an aromatic ring is 2. The van der Waals surface area contributed by atoms with E-state index in [2.05, 4.69) is 98.8 Å². The minimum Gasteiger partial charge on any atom is -0.399 e. The van der Waals surface area contributed by atoms with E-state index in [0.29, 0.717) is 0 Å². The summed E-state index contributed by atoms with van der Waals surface area (Å²) in [7, 11) is 0. The lowest BCUT2D eigenvalue weighted by Gasteiger charge is -2.09. The Hall–Kier alpha value is -3.52. The van der Waals surface area contributed by atoms with Crippen LogP contribution in [0.2, 0.25) is 0 Å². The van der Waals surface area contributed by atoms with Crippen LogP contribution < -0.4 is 11.5 Å². The first-order valence-corrected chi connectivity index (χ1v) is 18.9. The molecule has 0 atom stereocenters. The number of rotatable bonds is 22. The maximum atomic E-state index is 6.15. The minimum absolute atomic E-state index is 0.929. The van der Waals surface area contributed by atoms with Crippen LogP contribution in [0.3, 0.4) is 0 Å². The van der Waals surface area contributed by atoms with Crippen LogP contribution in [0.25, 0.3) is 0 Å². The van der Waals surface area contributed by atoms with Gasteiger partial charge in [-0.1, -0.05) is 157 Å². The molecule has 0 unspecified atom stereocenters. The Morgan fingerprint density at radius 3 is 0.979 bits per heavy atom. The molecular weight excluding hydrogens is 569 g/mol. The Kier molecular flexibility index (Phi) is 16.0. The molecule has 0 radical (unpaired) electrons. The van der Waals surface area contributed by atoms with Gasteiger partial charge in [-0.15, -0.1) is 0 Å². The van der Waals surface area contributed by atoms with Gasteiger partial charge in [-0.25, -0.2) is 0 Å². The molecule has 0 fully saturated rings. The van der Waals surface area contributed by atoms with Gasteiger partial charge in [0.05, 0.1) is 0 Å². The Balaban J connectivity index is 0.973. The lowest BCUT2D eigenvalue weighted by atomic mass is 9.98. The fraction of sp³-hybridized carbons (Fsp3) is 0.467. The molecule has 0 saturated carbocycles. The van der Waals surface area contributed by atoms with Gasteiger partial charge >= 0.3 is 0 Å². The highest BCUT2D eigenvalue weighted by molar-refractivity contribution is 5.50. The predicted molar refractivity (Wildman–Crippen MR) is 206 cm³/mol. The maximum Gasteiger partial charge on any atom is 0.0346 e. The largest absolute Gasteiger partial charge is 0.399 e. The molecule has 2 nitrogen and oxygen atoms in total. The summed E-state index contributed by atoms with van der Waals surface area (Å²) >= 11 is 0. The number of aryl methyl sites for hydroxylation is 4. The quantitative estimate of drug-likeness (QED) is 0.0670. The van der Waals surface area contributed by atoms with Gasteiger partial charge in [0.2, 0.25) is 0 Å². The molecule has 0 aromatic heterocycles. The van der Waals surface area contributed by atoms with Crippen molar-refractivity contribution in [3.05, 3.63) is 129 Å². The number of hydrogen-bond acceptors (Lipinski definition) is 2. The fourth-order valence-corrected chi connectivity index (χ4v) is 6.88. The summed E-state index contributed by atoms with van der Waals surface area (Å²) in [6.07, 6.45) is 23.9. The predicted octanol–water partition coefficient (Wildman–Crippen LogP) is 12.0. The molecule has 0 aliphatic rings. The van der Waals surface area contributed by atoms with Crippen molar-refractivity contribution in [2.24, 2.45) is 0 Å². The maximum absolute atomic E-state index is 6.15. The summed E-state index contributed by atoms with van der Waals surface area (Å²) in [5, 5.41) is 0. The minimum atomic E-state index is 0.929. The van der Waals surface area contributed by atoms with Crippen LogP contribution in [-0.2, 0) is 38.5 Å². The zero-order chi connectivity index (χ0) is 33.1. The summed E-state index contributed by atoms with van der Waals surface area (Å²) in [5.74, 6) is 0. The first-order valence-electron chi connectivity index (χ1n) is 18.9. The molecule has 0 aliphatic heterocycles. The lowest BCUT2D eigenvalue weighted by molar-refractivity contribution is 0.545. The van der Waals surface area contributed by atoms with Gasteiger partial charge in [0.15, 0.2) is 0 Å². The zero-order valence-electron chi connectivity index (χ0n) is 29.7. The number of hydrogen-bond donors (Lipinski definition) is 2. The van der Waals surface area contributed by atoms with E-state index in [9.17, 15) is 0 Å². The summed E-state index contributed by atoms with van der Waals surface area (Å²) < 4.78 is 0. The second kappa shape index (κ2) is 20.7. The Labute approximate surface area is 287 Å². The summed E-state index contributed by atoms with van der Waals surface area (Å²) in [5.41, 5.74) is 25.2. The second-order valence-electron chi connectivity index (χ2n) is 13.9. The average Bonchev–Trinajstić information content (AvgIpc) is 3.08. The van der Waals surface area contributed by atoms with Crippen molar-refractivity contribution in [2.45, 2.75) is 136 Å². The third kappa shape index (κ3) is 13.3. The van der Waals surface area contributed by atoms with Gasteiger partial charge in [-0.3, -0.25) is 0 Å². The number of anilines is 2. The third-order valence-electron chi connectivity index (χ3n) is 9.75. The Morgan fingerprint density at radius 1 is 0.340 bits per heavy atom. The molecule has 4 aromatic carbocycles. The fourth-order valence-electron chi connectivity index (χ4n) is 6.88. The van der Waals surface area contributed by atoms with Crippen molar-refractivity contribution in [2.75, 3.05) is 11.5 Å². The van der Waals surface area contributed by atoms with Crippen molar-refractivity contribution in [1.29, 1.82) is 0 Å². The van der Waals surface area contributed by atoms with Crippen LogP contribution in [0.5, 0.6) is 0 Å². The highest BCUT2D eigenvalue weighted by Gasteiger charge is 2.05. The normalized spacial score (nSPS) is 11.3. The molecule has 252 valence electrons.